The lowest BCUT2D eigenvalue weighted by Gasteiger charge is -2.21. The van der Waals surface area contributed by atoms with Crippen molar-refractivity contribution >= 4 is 39.5 Å². The van der Waals surface area contributed by atoms with Crippen molar-refractivity contribution in [1.29, 1.82) is 0 Å². The fourth-order valence-electron chi connectivity index (χ4n) is 9.95. The molecule has 0 saturated heterocycles. The quantitative estimate of drug-likeness (QED) is 0.0169. The second-order valence-corrected chi connectivity index (χ2v) is 28.8. The number of aliphatic hydroxyl groups excluding tert-OH is 1. The van der Waals surface area contributed by atoms with Crippen molar-refractivity contribution in [3.63, 3.8) is 0 Å². The van der Waals surface area contributed by atoms with Gasteiger partial charge in [-0.15, -0.1) is 0 Å². The molecule has 0 aromatic rings. The predicted molar refractivity (Wildman–Crippen MR) is 427 cm³/mol. The van der Waals surface area contributed by atoms with Crippen LogP contribution in [0.5, 0.6) is 0 Å². The predicted octanol–water partition coefficient (Wildman–Crippen LogP) is 23.2. The topological polar surface area (TPSA) is 237 Å². The number of hydrogen-bond acceptors (Lipinski definition) is 15. The highest BCUT2D eigenvalue weighted by Gasteiger charge is 2.30. The minimum atomic E-state index is -5.00. The molecule has 0 saturated carbocycles. The number of carbonyl (C=O) groups excluding carboxylic acids is 4. The number of esters is 4. The largest absolute Gasteiger partial charge is 0.472 e. The van der Waals surface area contributed by atoms with Crippen molar-refractivity contribution in [2.45, 2.75) is 316 Å². The number of hydrogen-bond donors (Lipinski definition) is 3. The Morgan fingerprint density at radius 1 is 0.279 bits per heavy atom. The zero-order valence-electron chi connectivity index (χ0n) is 64.6. The molecule has 0 aromatic heterocycles. The Labute approximate surface area is 629 Å². The third-order valence-corrected chi connectivity index (χ3v) is 17.9. The molecule has 0 spiro atoms. The van der Waals surface area contributed by atoms with E-state index < -0.39 is 97.5 Å². The molecule has 0 aliphatic rings. The average Bonchev–Trinajstić information content (AvgIpc) is 0.939. The lowest BCUT2D eigenvalue weighted by atomic mass is 10.1. The fourth-order valence-corrected chi connectivity index (χ4v) is 11.5. The molecule has 0 fully saturated rings. The Kier molecular flexibility index (Phi) is 72.0. The summed E-state index contributed by atoms with van der Waals surface area (Å²) in [6.07, 6.45) is 88.0. The van der Waals surface area contributed by atoms with E-state index in [1.165, 1.54) is 44.9 Å². The molecule has 5 atom stereocenters. The molecule has 5 unspecified atom stereocenters. The van der Waals surface area contributed by atoms with Crippen LogP contribution >= 0.6 is 15.6 Å². The second-order valence-electron chi connectivity index (χ2n) is 25.9. The van der Waals surface area contributed by atoms with Crippen LogP contribution in [0.2, 0.25) is 0 Å². The Hall–Kier alpha value is -5.32. The number of allylic oxidation sites excluding steroid dienone is 26. The first kappa shape index (κ1) is 98.7. The van der Waals surface area contributed by atoms with Gasteiger partial charge in [-0.1, -0.05) is 263 Å². The Morgan fingerprint density at radius 3 is 0.846 bits per heavy atom. The SMILES string of the molecule is CC/C=C\C/C=C\C/C=C\C/C=C\C/C=C\CCCCCC(=O)OCC(COP(=O)(O)OCC(O)COP(=O)(O)OCC(COC(=O)CCC/C=C\C/C=C\C/C=C\C/C=C\C/C=C\CC)OC(=O)CCCCCCC/C=C\C/C=C\CCCCC)OC(=O)CCCCCCC/C=C\CCCCCC. The van der Waals surface area contributed by atoms with Gasteiger partial charge in [-0.3, -0.25) is 37.3 Å². The molecule has 0 heterocycles. The van der Waals surface area contributed by atoms with E-state index in [0.717, 1.165) is 167 Å². The van der Waals surface area contributed by atoms with E-state index in [2.05, 4.69) is 174 Å². The molecule has 17 nitrogen and oxygen atoms in total. The maximum absolute atomic E-state index is 13.1. The number of ether oxygens (including phenoxy) is 4. The summed E-state index contributed by atoms with van der Waals surface area (Å²) in [6.45, 7) is 4.47. The summed E-state index contributed by atoms with van der Waals surface area (Å²) in [5.74, 6) is -2.31. The van der Waals surface area contributed by atoms with Crippen LogP contribution < -0.4 is 0 Å². The first-order valence-electron chi connectivity index (χ1n) is 39.7. The summed E-state index contributed by atoms with van der Waals surface area (Å²) in [5.41, 5.74) is 0. The third kappa shape index (κ3) is 74.9. The van der Waals surface area contributed by atoms with Gasteiger partial charge in [-0.25, -0.2) is 9.13 Å². The van der Waals surface area contributed by atoms with Crippen LogP contribution in [0.15, 0.2) is 158 Å². The maximum atomic E-state index is 13.1. The summed E-state index contributed by atoms with van der Waals surface area (Å²) in [7, 11) is -10.00. The van der Waals surface area contributed by atoms with Gasteiger partial charge in [-0.05, 0) is 167 Å². The van der Waals surface area contributed by atoms with E-state index in [1.54, 1.807) is 0 Å². The van der Waals surface area contributed by atoms with Gasteiger partial charge in [0.2, 0.25) is 0 Å². The zero-order valence-corrected chi connectivity index (χ0v) is 66.4. The number of aliphatic hydroxyl groups is 1. The first-order valence-corrected chi connectivity index (χ1v) is 42.7. The molecule has 0 aliphatic heterocycles. The molecular formula is C85H140O17P2. The van der Waals surface area contributed by atoms with E-state index >= 15 is 0 Å². The van der Waals surface area contributed by atoms with Gasteiger partial charge in [0.15, 0.2) is 12.2 Å². The van der Waals surface area contributed by atoms with Crippen molar-refractivity contribution in [3.05, 3.63) is 158 Å². The van der Waals surface area contributed by atoms with E-state index in [-0.39, 0.29) is 25.7 Å². The Bertz CT molecular complexity index is 2590. The fraction of sp³-hybridized carbons (Fsp3) is 0.647. The molecule has 3 N–H and O–H groups in total. The normalized spacial score (nSPS) is 14.7. The monoisotopic (exact) mass is 1490 g/mol. The Morgan fingerprint density at radius 2 is 0.510 bits per heavy atom. The van der Waals surface area contributed by atoms with E-state index in [0.29, 0.717) is 32.1 Å². The minimum Gasteiger partial charge on any atom is -0.462 e. The number of carbonyl (C=O) groups is 4. The number of phosphoric acid groups is 2. The Balaban J connectivity index is 5.45. The average molecular weight is 1500 g/mol. The summed E-state index contributed by atoms with van der Waals surface area (Å²) in [4.78, 5) is 73.0. The zero-order chi connectivity index (χ0) is 76.0. The van der Waals surface area contributed by atoms with Crippen LogP contribution in [-0.4, -0.2) is 96.7 Å². The summed E-state index contributed by atoms with van der Waals surface area (Å²) in [5, 5.41) is 10.6. The maximum Gasteiger partial charge on any atom is 0.472 e. The summed E-state index contributed by atoms with van der Waals surface area (Å²) in [6, 6.07) is 0. The van der Waals surface area contributed by atoms with Crippen molar-refractivity contribution in [1.82, 2.24) is 0 Å². The minimum absolute atomic E-state index is 0.0613. The van der Waals surface area contributed by atoms with Crippen molar-refractivity contribution < 1.29 is 80.2 Å². The third-order valence-electron chi connectivity index (χ3n) is 16.0. The molecule has 0 radical (unpaired) electrons. The highest BCUT2D eigenvalue weighted by molar-refractivity contribution is 7.47. The number of phosphoric ester groups is 2. The molecule has 0 aliphatic carbocycles. The van der Waals surface area contributed by atoms with Gasteiger partial charge < -0.3 is 33.8 Å². The second kappa shape index (κ2) is 75.9. The first-order chi connectivity index (χ1) is 50.7. The van der Waals surface area contributed by atoms with Crippen LogP contribution in [0.3, 0.4) is 0 Å². The molecular weight excluding hydrogens is 1350 g/mol. The van der Waals surface area contributed by atoms with Gasteiger partial charge in [0.1, 0.15) is 19.3 Å². The van der Waals surface area contributed by atoms with Gasteiger partial charge in [0.25, 0.3) is 0 Å². The summed E-state index contributed by atoms with van der Waals surface area (Å²) < 4.78 is 68.5. The van der Waals surface area contributed by atoms with Crippen molar-refractivity contribution in [2.24, 2.45) is 0 Å². The molecule has 0 aromatic carbocycles. The van der Waals surface area contributed by atoms with Crippen LogP contribution in [0.1, 0.15) is 297 Å². The highest BCUT2D eigenvalue weighted by Crippen LogP contribution is 2.45. The number of rotatable bonds is 73. The molecule has 104 heavy (non-hydrogen) atoms. The van der Waals surface area contributed by atoms with E-state index in [9.17, 15) is 43.2 Å². The van der Waals surface area contributed by atoms with Crippen LogP contribution in [0, 0.1) is 0 Å². The van der Waals surface area contributed by atoms with Crippen LogP contribution in [0.4, 0.5) is 0 Å². The molecule has 592 valence electrons. The van der Waals surface area contributed by atoms with E-state index in [1.807, 2.05) is 12.2 Å². The van der Waals surface area contributed by atoms with Crippen molar-refractivity contribution in [2.75, 3.05) is 39.6 Å². The molecule has 0 rings (SSSR count). The lowest BCUT2D eigenvalue weighted by Crippen LogP contribution is -2.30. The lowest BCUT2D eigenvalue weighted by molar-refractivity contribution is -0.161. The van der Waals surface area contributed by atoms with Crippen LogP contribution in [0.25, 0.3) is 0 Å². The number of unbranched alkanes of at least 4 members (excludes halogenated alkanes) is 21. The van der Waals surface area contributed by atoms with Gasteiger partial charge >= 0.3 is 39.5 Å². The van der Waals surface area contributed by atoms with Crippen molar-refractivity contribution in [3.8, 4) is 0 Å². The van der Waals surface area contributed by atoms with Gasteiger partial charge in [0.05, 0.1) is 26.4 Å². The van der Waals surface area contributed by atoms with Crippen LogP contribution in [-0.2, 0) is 65.4 Å². The standard InChI is InChI=1S/C85H140O17P2/c1-5-9-13-17-21-25-29-33-36-38-39-41-44-47-50-54-58-62-66-70-83(88)95-75-80(101-84(89)71-67-63-59-55-51-45-32-28-24-20-16-12-8-4)77-99-103(91,92)97-73-79(86)74-98-104(93,94)100-78-81(102-85(90)72-68-64-60-56-52-48-42-35-31-27-23-19-15-11-7-3)76-96-82(87)69-65-61-57-53-49-46-43-40-37-34-30-26-22-18-14-10-6-2/h9-10,13-14,21-23,25-28,32-37,39,41-43,46-47,50,53,57,79-81,86H,5-8,11-12,15-20,24,29-31,38,40,44-45,48-49,51-52,54-56,58-78H2,1-4H3,(H,91,92)(H,93,94)/b13-9-,14-10-,25-21-,26-22-,27-23-,32-28-,36-33-,37-34-,41-39-,42-35-,46-43-,50-47-,57-53-. The molecule has 0 amide bonds. The molecule has 19 heteroatoms. The van der Waals surface area contributed by atoms with Gasteiger partial charge in [0, 0.05) is 25.7 Å². The smallest absolute Gasteiger partial charge is 0.462 e. The summed E-state index contributed by atoms with van der Waals surface area (Å²) >= 11 is 0. The van der Waals surface area contributed by atoms with E-state index in [4.69, 9.17) is 37.0 Å². The highest BCUT2D eigenvalue weighted by atomic mass is 31.2. The van der Waals surface area contributed by atoms with Gasteiger partial charge in [-0.2, -0.15) is 0 Å². The molecule has 0 bridgehead atoms.